The summed E-state index contributed by atoms with van der Waals surface area (Å²) < 4.78 is 3.49. The molecule has 0 saturated heterocycles. The average Bonchev–Trinajstić information content (AvgIpc) is 3.74. The van der Waals surface area contributed by atoms with Gasteiger partial charge in [0.05, 0.1) is 0 Å². The van der Waals surface area contributed by atoms with Gasteiger partial charge in [0.25, 0.3) is 0 Å². The summed E-state index contributed by atoms with van der Waals surface area (Å²) in [6.45, 7) is 18.9. The van der Waals surface area contributed by atoms with Crippen LogP contribution in [0.5, 0.6) is 0 Å². The van der Waals surface area contributed by atoms with Crippen molar-refractivity contribution in [2.45, 2.75) is 76.3 Å². The van der Waals surface area contributed by atoms with Crippen LogP contribution in [-0.4, -0.2) is 3.21 Å². The van der Waals surface area contributed by atoms with Crippen molar-refractivity contribution in [3.63, 3.8) is 0 Å². The first-order valence-corrected chi connectivity index (χ1v) is 23.1. The third kappa shape index (κ3) is 6.97. The molecule has 0 heterocycles. The van der Waals surface area contributed by atoms with Crippen molar-refractivity contribution in [3.8, 4) is 11.1 Å². The van der Waals surface area contributed by atoms with Gasteiger partial charge in [0.2, 0.25) is 0 Å². The standard InChI is InChI=1S/C23H29.C21H12Cl2.C5H5.2ClH.Zr/c1-14-9-16-11-17-10-15(2)21(23(6,7)8)13-19(17)18(16)12-20(14)22(3,4)5;22-20-11-3-7-16-14(5-1-9-18(16)20)13-15-6-2-10-19-17(15)8-4-12-21(19)23;1-2-4-5-3-1;;;/h9,12-13H,11H2,1-8H3;1-12H;1-5H;2*1H;/q;;;;;+2/p-2. The largest absolute Gasteiger partial charge is 1.00 e. The molecular weight excluding hydrogens is 822 g/mol. The number of hydrogen-bond donors (Lipinski definition) is 0. The molecule has 0 amide bonds. The zero-order valence-corrected chi connectivity index (χ0v) is 37.7. The van der Waals surface area contributed by atoms with E-state index in [1.165, 1.54) is 64.0 Å². The van der Waals surface area contributed by atoms with Crippen LogP contribution in [0.2, 0.25) is 13.7 Å². The summed E-state index contributed by atoms with van der Waals surface area (Å²) in [6, 6.07) is 33.9. The first kappa shape index (κ1) is 40.9. The van der Waals surface area contributed by atoms with Gasteiger partial charge in [0.1, 0.15) is 0 Å². The molecule has 54 heavy (non-hydrogen) atoms. The number of benzene rings is 6. The van der Waals surface area contributed by atoms with E-state index in [9.17, 15) is 0 Å². The van der Waals surface area contributed by atoms with Gasteiger partial charge in [-0.3, -0.25) is 0 Å². The Labute approximate surface area is 351 Å². The van der Waals surface area contributed by atoms with Crippen molar-refractivity contribution < 1.29 is 46.1 Å². The molecular formula is C49H46Cl4Zr. The molecule has 0 fully saturated rings. The van der Waals surface area contributed by atoms with Crippen LogP contribution in [0, 0.1) is 13.8 Å². The molecule has 274 valence electrons. The molecule has 2 aliphatic rings. The second kappa shape index (κ2) is 15.3. The molecule has 2 aliphatic carbocycles. The average molecular weight is 868 g/mol. The zero-order valence-electron chi connectivity index (χ0n) is 32.3. The first-order valence-electron chi connectivity index (χ1n) is 18.5. The second-order valence-corrected chi connectivity index (χ2v) is 23.8. The molecule has 0 spiro atoms. The molecule has 0 aromatic heterocycles. The molecule has 5 heteroatoms. The van der Waals surface area contributed by atoms with Crippen LogP contribution in [0.25, 0.3) is 32.7 Å². The normalized spacial score (nSPS) is 13.4. The van der Waals surface area contributed by atoms with Gasteiger partial charge in [0.15, 0.2) is 0 Å². The Morgan fingerprint density at radius 1 is 0.611 bits per heavy atom. The minimum atomic E-state index is -3.09. The van der Waals surface area contributed by atoms with Gasteiger partial charge >= 0.3 is 330 Å². The Hall–Kier alpha value is -2.77. The van der Waals surface area contributed by atoms with Gasteiger partial charge in [-0.15, -0.1) is 0 Å². The minimum Gasteiger partial charge on any atom is -1.00 e. The Morgan fingerprint density at radius 3 is 1.61 bits per heavy atom. The summed E-state index contributed by atoms with van der Waals surface area (Å²) >= 11 is 10.9. The quantitative estimate of drug-likeness (QED) is 0.172. The van der Waals surface area contributed by atoms with Crippen molar-refractivity contribution >= 4 is 51.2 Å². The summed E-state index contributed by atoms with van der Waals surface area (Å²) in [7, 11) is 0. The number of rotatable bonds is 4. The molecule has 6 aromatic carbocycles. The number of halogens is 4. The molecule has 6 aromatic rings. The van der Waals surface area contributed by atoms with E-state index in [1.807, 2.05) is 12.1 Å². The Bertz CT molecular complexity index is 2460. The van der Waals surface area contributed by atoms with E-state index in [0.717, 1.165) is 27.2 Å². The smallest absolute Gasteiger partial charge is 1.00 e. The molecule has 0 nitrogen and oxygen atoms in total. The van der Waals surface area contributed by atoms with Crippen LogP contribution in [0.4, 0.5) is 0 Å². The Kier molecular flexibility index (Phi) is 11.6. The molecule has 0 saturated carbocycles. The van der Waals surface area contributed by atoms with E-state index in [2.05, 4.69) is 159 Å². The predicted molar refractivity (Wildman–Crippen MR) is 224 cm³/mol. The van der Waals surface area contributed by atoms with Gasteiger partial charge in [-0.05, 0) is 0 Å². The molecule has 0 radical (unpaired) electrons. The number of allylic oxidation sites excluding steroid dienone is 4. The summed E-state index contributed by atoms with van der Waals surface area (Å²) in [4.78, 5) is 0. The maximum Gasteiger partial charge on any atom is -1.00 e. The molecule has 0 N–H and O–H groups in total. The van der Waals surface area contributed by atoms with Crippen molar-refractivity contribution in [1.29, 1.82) is 0 Å². The van der Waals surface area contributed by atoms with E-state index < -0.39 is 21.3 Å². The summed E-state index contributed by atoms with van der Waals surface area (Å²) in [5, 5.41) is 6.20. The van der Waals surface area contributed by atoms with Crippen LogP contribution in [0.1, 0.15) is 86.1 Å². The van der Waals surface area contributed by atoms with Crippen LogP contribution >= 0.6 is 23.2 Å². The Balaban J connectivity index is 0.00000249. The van der Waals surface area contributed by atoms with E-state index >= 15 is 0 Å². The molecule has 0 bridgehead atoms. The van der Waals surface area contributed by atoms with Gasteiger partial charge in [0, 0.05) is 0 Å². The second-order valence-electron chi connectivity index (χ2n) is 16.8. The topological polar surface area (TPSA) is 0 Å². The van der Waals surface area contributed by atoms with Gasteiger partial charge in [-0.2, -0.15) is 0 Å². The maximum absolute atomic E-state index is 6.97. The van der Waals surface area contributed by atoms with Gasteiger partial charge < -0.3 is 24.8 Å². The predicted octanol–water partition coefficient (Wildman–Crippen LogP) is 7.52. The van der Waals surface area contributed by atoms with Crippen LogP contribution < -0.4 is 28.1 Å². The fourth-order valence-electron chi connectivity index (χ4n) is 9.06. The van der Waals surface area contributed by atoms with Gasteiger partial charge in [-0.25, -0.2) is 0 Å². The number of aryl methyl sites for hydroxylation is 1. The summed E-state index contributed by atoms with van der Waals surface area (Å²) in [5.74, 6) is 0. The van der Waals surface area contributed by atoms with Crippen molar-refractivity contribution in [1.82, 2.24) is 0 Å². The molecule has 0 unspecified atom stereocenters. The van der Waals surface area contributed by atoms with Crippen molar-refractivity contribution in [3.05, 3.63) is 170 Å². The first-order chi connectivity index (χ1) is 24.7. The third-order valence-electron chi connectivity index (χ3n) is 11.3. The maximum atomic E-state index is 6.97. The molecule has 8 rings (SSSR count). The fraction of sp³-hybridized carbons (Fsp3) is 0.245. The van der Waals surface area contributed by atoms with Crippen LogP contribution in [0.3, 0.4) is 0 Å². The number of hydrogen-bond acceptors (Lipinski definition) is 0. The summed E-state index contributed by atoms with van der Waals surface area (Å²) in [5.41, 5.74) is 14.3. The fourth-order valence-corrected chi connectivity index (χ4v) is 18.5. The van der Waals surface area contributed by atoms with E-state index in [0.29, 0.717) is 3.63 Å². The van der Waals surface area contributed by atoms with E-state index in [1.54, 1.807) is 8.83 Å². The zero-order chi connectivity index (χ0) is 36.7. The summed E-state index contributed by atoms with van der Waals surface area (Å²) in [6.07, 6.45) is 10.5. The van der Waals surface area contributed by atoms with Crippen molar-refractivity contribution in [2.24, 2.45) is 0 Å². The SMILES string of the molecule is Cc1cc2c(cc1C(C)(C)C)-c1cc(C(C)(C)C)c(C)[c]([Zr+2](=[C](c3cccc4c(Cl)cccc34)c3cccc4c(Cl)cccc34)[CH]3C=CC=C3)c1C2.[Cl-].[Cl-]. The van der Waals surface area contributed by atoms with Crippen molar-refractivity contribution in [2.75, 3.05) is 0 Å². The molecule has 0 aliphatic heterocycles. The Morgan fingerprint density at radius 2 is 1.09 bits per heavy atom. The van der Waals surface area contributed by atoms with E-state index in [4.69, 9.17) is 23.2 Å². The van der Waals surface area contributed by atoms with E-state index in [-0.39, 0.29) is 35.6 Å². The number of fused-ring (bicyclic) bond motifs is 5. The monoisotopic (exact) mass is 864 g/mol. The molecule has 0 atom stereocenters. The minimum absolute atomic E-state index is 0. The van der Waals surface area contributed by atoms with Gasteiger partial charge in [-0.1, -0.05) is 0 Å². The van der Waals surface area contributed by atoms with Crippen LogP contribution in [-0.2, 0) is 38.5 Å². The third-order valence-corrected chi connectivity index (χ3v) is 20.2. The van der Waals surface area contributed by atoms with Crippen LogP contribution in [0.15, 0.2) is 115 Å².